The summed E-state index contributed by atoms with van der Waals surface area (Å²) in [6.45, 7) is 4.85. The second kappa shape index (κ2) is 4.01. The third-order valence-corrected chi connectivity index (χ3v) is 2.58. The lowest BCUT2D eigenvalue weighted by atomic mass is 10.1. The van der Waals surface area contributed by atoms with Crippen LogP contribution in [-0.4, -0.2) is 19.8 Å². The Morgan fingerprint density at radius 1 is 1.40 bits per heavy atom. The van der Waals surface area contributed by atoms with Crippen molar-refractivity contribution in [2.45, 2.75) is 20.0 Å². The lowest BCUT2D eigenvalue weighted by Crippen LogP contribution is -2.33. The highest BCUT2D eigenvalue weighted by atomic mass is 16.6. The average Bonchev–Trinajstić information content (AvgIpc) is 2.27. The van der Waals surface area contributed by atoms with Crippen LogP contribution in [0.25, 0.3) is 0 Å². The topological polar surface area (TPSA) is 27.7 Å². The molecule has 2 rings (SSSR count). The number of ether oxygens (including phenoxy) is 3. The van der Waals surface area contributed by atoms with Crippen molar-refractivity contribution in [2.75, 3.05) is 13.7 Å². The summed E-state index contributed by atoms with van der Waals surface area (Å²) in [7, 11) is 1.64. The number of benzene rings is 1. The highest BCUT2D eigenvalue weighted by molar-refractivity contribution is 5.52. The molecular weight excluding hydrogens is 192 g/mol. The first kappa shape index (κ1) is 10.1. The maximum atomic E-state index is 5.87. The van der Waals surface area contributed by atoms with Gasteiger partial charge in [-0.2, -0.15) is 0 Å². The summed E-state index contributed by atoms with van der Waals surface area (Å²) in [5.41, 5.74) is 0. The predicted molar refractivity (Wildman–Crippen MR) is 57.7 cm³/mol. The van der Waals surface area contributed by atoms with Gasteiger partial charge in [0.25, 0.3) is 0 Å². The number of methoxy groups -OCH3 is 1. The third-order valence-electron chi connectivity index (χ3n) is 2.58. The Morgan fingerprint density at radius 2 is 2.20 bits per heavy atom. The molecule has 1 aliphatic rings. The molecule has 0 spiro atoms. The Bertz CT molecular complexity index is 332. The summed E-state index contributed by atoms with van der Waals surface area (Å²) in [6, 6.07) is 5.68. The van der Waals surface area contributed by atoms with E-state index in [4.69, 9.17) is 14.2 Å². The molecule has 1 heterocycles. The number of para-hydroxylation sites is 1. The Balaban J connectivity index is 2.30. The molecule has 1 aromatic carbocycles. The number of rotatable bonds is 2. The molecule has 1 aliphatic heterocycles. The van der Waals surface area contributed by atoms with E-state index in [2.05, 4.69) is 13.8 Å². The molecule has 1 atom stereocenters. The van der Waals surface area contributed by atoms with E-state index in [-0.39, 0.29) is 6.10 Å². The van der Waals surface area contributed by atoms with Crippen LogP contribution < -0.4 is 14.2 Å². The van der Waals surface area contributed by atoms with Crippen LogP contribution in [0.4, 0.5) is 0 Å². The van der Waals surface area contributed by atoms with Crippen LogP contribution in [-0.2, 0) is 0 Å². The first-order valence-corrected chi connectivity index (χ1v) is 5.19. The van der Waals surface area contributed by atoms with Gasteiger partial charge < -0.3 is 14.2 Å². The van der Waals surface area contributed by atoms with Gasteiger partial charge in [0, 0.05) is 0 Å². The van der Waals surface area contributed by atoms with Gasteiger partial charge in [-0.3, -0.25) is 0 Å². The zero-order valence-corrected chi connectivity index (χ0v) is 9.32. The molecule has 0 N–H and O–H groups in total. The Labute approximate surface area is 90.0 Å². The highest BCUT2D eigenvalue weighted by Crippen LogP contribution is 2.40. The van der Waals surface area contributed by atoms with E-state index in [0.717, 1.165) is 17.2 Å². The molecule has 82 valence electrons. The predicted octanol–water partition coefficient (Wildman–Crippen LogP) is 2.49. The number of fused-ring (bicyclic) bond motifs is 1. The van der Waals surface area contributed by atoms with Gasteiger partial charge in [0.2, 0.25) is 5.75 Å². The first-order chi connectivity index (χ1) is 7.22. The Hall–Kier alpha value is -1.38. The lowest BCUT2D eigenvalue weighted by Gasteiger charge is -2.29. The van der Waals surface area contributed by atoms with Gasteiger partial charge in [-0.1, -0.05) is 19.9 Å². The van der Waals surface area contributed by atoms with Crippen molar-refractivity contribution in [1.82, 2.24) is 0 Å². The first-order valence-electron chi connectivity index (χ1n) is 5.19. The van der Waals surface area contributed by atoms with Crippen LogP contribution in [0.1, 0.15) is 13.8 Å². The van der Waals surface area contributed by atoms with Gasteiger partial charge in [-0.25, -0.2) is 0 Å². The fourth-order valence-electron chi connectivity index (χ4n) is 1.57. The fraction of sp³-hybridized carbons (Fsp3) is 0.500. The fourth-order valence-corrected chi connectivity index (χ4v) is 1.57. The molecule has 3 nitrogen and oxygen atoms in total. The van der Waals surface area contributed by atoms with Crippen LogP contribution in [0.5, 0.6) is 17.2 Å². The van der Waals surface area contributed by atoms with Gasteiger partial charge in [-0.15, -0.1) is 0 Å². The molecule has 3 heteroatoms. The standard InChI is InChI=1S/C12H16O3/c1-8(2)11-7-14-10-6-4-5-9(13-3)12(10)15-11/h4-6,8,11H,7H2,1-3H3. The van der Waals surface area contributed by atoms with Crippen LogP contribution in [0, 0.1) is 5.92 Å². The molecule has 1 aromatic rings. The molecule has 15 heavy (non-hydrogen) atoms. The van der Waals surface area contributed by atoms with Gasteiger partial charge in [0.1, 0.15) is 12.7 Å². The maximum Gasteiger partial charge on any atom is 0.203 e. The van der Waals surface area contributed by atoms with Crippen LogP contribution in [0.3, 0.4) is 0 Å². The van der Waals surface area contributed by atoms with Crippen molar-refractivity contribution in [3.8, 4) is 17.2 Å². The van der Waals surface area contributed by atoms with E-state index in [9.17, 15) is 0 Å². The van der Waals surface area contributed by atoms with Gasteiger partial charge >= 0.3 is 0 Å². The van der Waals surface area contributed by atoms with E-state index in [0.29, 0.717) is 12.5 Å². The molecule has 0 fully saturated rings. The van der Waals surface area contributed by atoms with E-state index in [1.165, 1.54) is 0 Å². The van der Waals surface area contributed by atoms with Crippen molar-refractivity contribution >= 4 is 0 Å². The Morgan fingerprint density at radius 3 is 2.87 bits per heavy atom. The maximum absolute atomic E-state index is 5.87. The van der Waals surface area contributed by atoms with Crippen LogP contribution in [0.2, 0.25) is 0 Å². The lowest BCUT2D eigenvalue weighted by molar-refractivity contribution is 0.0558. The molecule has 0 bridgehead atoms. The van der Waals surface area contributed by atoms with Crippen molar-refractivity contribution in [3.63, 3.8) is 0 Å². The van der Waals surface area contributed by atoms with E-state index < -0.39 is 0 Å². The van der Waals surface area contributed by atoms with E-state index >= 15 is 0 Å². The van der Waals surface area contributed by atoms with Crippen LogP contribution >= 0.6 is 0 Å². The van der Waals surface area contributed by atoms with E-state index in [1.807, 2.05) is 18.2 Å². The normalized spacial score (nSPS) is 19.1. The van der Waals surface area contributed by atoms with E-state index in [1.54, 1.807) is 7.11 Å². The number of hydrogen-bond donors (Lipinski definition) is 0. The van der Waals surface area contributed by atoms with Crippen molar-refractivity contribution in [3.05, 3.63) is 18.2 Å². The van der Waals surface area contributed by atoms with Crippen molar-refractivity contribution in [2.24, 2.45) is 5.92 Å². The largest absolute Gasteiger partial charge is 0.493 e. The summed E-state index contributed by atoms with van der Waals surface area (Å²) in [5.74, 6) is 2.66. The molecule has 0 aromatic heterocycles. The smallest absolute Gasteiger partial charge is 0.203 e. The molecule has 1 unspecified atom stereocenters. The zero-order chi connectivity index (χ0) is 10.8. The van der Waals surface area contributed by atoms with Crippen molar-refractivity contribution < 1.29 is 14.2 Å². The summed E-state index contributed by atoms with van der Waals surface area (Å²) >= 11 is 0. The molecular formula is C12H16O3. The summed E-state index contributed by atoms with van der Waals surface area (Å²) in [6.07, 6.45) is 0.105. The van der Waals surface area contributed by atoms with Crippen LogP contribution in [0.15, 0.2) is 18.2 Å². The molecule has 0 aliphatic carbocycles. The van der Waals surface area contributed by atoms with Gasteiger partial charge in [-0.05, 0) is 18.1 Å². The third kappa shape index (κ3) is 1.87. The quantitative estimate of drug-likeness (QED) is 0.747. The summed E-state index contributed by atoms with van der Waals surface area (Å²) in [5, 5.41) is 0. The average molecular weight is 208 g/mol. The minimum Gasteiger partial charge on any atom is -0.493 e. The molecule has 0 amide bonds. The second-order valence-electron chi connectivity index (χ2n) is 4.00. The monoisotopic (exact) mass is 208 g/mol. The van der Waals surface area contributed by atoms with Gasteiger partial charge in [0.05, 0.1) is 7.11 Å². The number of hydrogen-bond acceptors (Lipinski definition) is 3. The minimum absolute atomic E-state index is 0.105. The van der Waals surface area contributed by atoms with Crippen molar-refractivity contribution in [1.29, 1.82) is 0 Å². The molecule has 0 saturated heterocycles. The SMILES string of the molecule is COc1cccc2c1OC(C(C)C)CO2. The second-order valence-corrected chi connectivity index (χ2v) is 4.00. The molecule has 0 saturated carbocycles. The summed E-state index contributed by atoms with van der Waals surface area (Å²) < 4.78 is 16.7. The zero-order valence-electron chi connectivity index (χ0n) is 9.32. The highest BCUT2D eigenvalue weighted by Gasteiger charge is 2.26. The molecule has 0 radical (unpaired) electrons. The van der Waals surface area contributed by atoms with Gasteiger partial charge in [0.15, 0.2) is 11.5 Å². The minimum atomic E-state index is 0.105. The summed E-state index contributed by atoms with van der Waals surface area (Å²) in [4.78, 5) is 0. The Kier molecular flexibility index (Phi) is 2.71.